The van der Waals surface area contributed by atoms with Crippen molar-refractivity contribution >= 4 is 88.1 Å². The lowest BCUT2D eigenvalue weighted by molar-refractivity contribution is 1.18. The molecule has 8 rings (SSSR count). The van der Waals surface area contributed by atoms with Crippen LogP contribution < -0.4 is 5.32 Å². The van der Waals surface area contributed by atoms with Crippen LogP contribution in [-0.4, -0.2) is 4.57 Å². The number of para-hydroxylation sites is 1. The Labute approximate surface area is 229 Å². The average molecular weight is 523 g/mol. The van der Waals surface area contributed by atoms with Crippen molar-refractivity contribution in [2.45, 2.75) is 4.90 Å². The molecular formula is C34H22N2S2. The second kappa shape index (κ2) is 8.38. The SMILES string of the molecule is Sc1ccc2sc3ccccc3c2c1Nc1ccc(-n2c3ccccc3c3cc4ccccc4cc32)cc1. The smallest absolute Gasteiger partial charge is 0.0614 e. The summed E-state index contributed by atoms with van der Waals surface area (Å²) in [6, 6.07) is 43.5. The summed E-state index contributed by atoms with van der Waals surface area (Å²) in [7, 11) is 0. The van der Waals surface area contributed by atoms with Gasteiger partial charge in [0.2, 0.25) is 0 Å². The number of benzene rings is 6. The number of aromatic nitrogens is 1. The Bertz CT molecular complexity index is 2170. The van der Waals surface area contributed by atoms with Crippen molar-refractivity contribution in [2.24, 2.45) is 0 Å². The first kappa shape index (κ1) is 21.8. The first-order valence-electron chi connectivity index (χ1n) is 12.7. The molecule has 6 aromatic carbocycles. The van der Waals surface area contributed by atoms with Gasteiger partial charge in [-0.05, 0) is 71.4 Å². The highest BCUT2D eigenvalue weighted by Gasteiger charge is 2.15. The molecule has 0 aliphatic heterocycles. The normalized spacial score (nSPS) is 11.8. The Balaban J connectivity index is 1.27. The molecule has 0 spiro atoms. The molecule has 0 aliphatic rings. The van der Waals surface area contributed by atoms with Crippen molar-refractivity contribution in [3.05, 3.63) is 121 Å². The van der Waals surface area contributed by atoms with Crippen molar-refractivity contribution in [3.63, 3.8) is 0 Å². The lowest BCUT2D eigenvalue weighted by atomic mass is 10.1. The van der Waals surface area contributed by atoms with E-state index >= 15 is 0 Å². The zero-order chi connectivity index (χ0) is 25.2. The number of nitrogens with one attached hydrogen (secondary N) is 1. The second-order valence-electron chi connectivity index (χ2n) is 9.67. The van der Waals surface area contributed by atoms with Crippen molar-refractivity contribution < 1.29 is 0 Å². The summed E-state index contributed by atoms with van der Waals surface area (Å²) in [5.41, 5.74) is 5.67. The molecule has 2 aromatic heterocycles. The highest BCUT2D eigenvalue weighted by atomic mass is 32.1. The zero-order valence-corrected chi connectivity index (χ0v) is 22.1. The Hall–Kier alpha value is -4.25. The minimum Gasteiger partial charge on any atom is -0.354 e. The number of thiol groups is 1. The third kappa shape index (κ3) is 3.27. The molecule has 0 aliphatic carbocycles. The van der Waals surface area contributed by atoms with Gasteiger partial charge in [0, 0.05) is 47.2 Å². The maximum Gasteiger partial charge on any atom is 0.0614 e. The van der Waals surface area contributed by atoms with Gasteiger partial charge in [0.15, 0.2) is 0 Å². The van der Waals surface area contributed by atoms with Gasteiger partial charge in [-0.3, -0.25) is 0 Å². The number of rotatable bonds is 3. The Morgan fingerprint density at radius 2 is 1.29 bits per heavy atom. The molecule has 1 N–H and O–H groups in total. The maximum absolute atomic E-state index is 4.82. The van der Waals surface area contributed by atoms with Crippen LogP contribution in [0.2, 0.25) is 0 Å². The van der Waals surface area contributed by atoms with Gasteiger partial charge in [0.25, 0.3) is 0 Å². The highest BCUT2D eigenvalue weighted by molar-refractivity contribution is 7.80. The minimum atomic E-state index is 0.944. The van der Waals surface area contributed by atoms with Gasteiger partial charge in [-0.25, -0.2) is 0 Å². The van der Waals surface area contributed by atoms with E-state index in [1.165, 1.54) is 52.8 Å². The van der Waals surface area contributed by atoms with Gasteiger partial charge >= 0.3 is 0 Å². The summed E-state index contributed by atoms with van der Waals surface area (Å²) in [6.45, 7) is 0. The molecule has 0 amide bonds. The molecule has 2 heterocycles. The van der Waals surface area contributed by atoms with Crippen LogP contribution in [0.25, 0.3) is 58.4 Å². The molecule has 0 saturated heterocycles. The number of fused-ring (bicyclic) bond motifs is 7. The fraction of sp³-hybridized carbons (Fsp3) is 0. The van der Waals surface area contributed by atoms with Crippen molar-refractivity contribution in [1.29, 1.82) is 0 Å². The van der Waals surface area contributed by atoms with Crippen molar-refractivity contribution in [1.82, 2.24) is 4.57 Å². The molecule has 4 heteroatoms. The second-order valence-corrected chi connectivity index (χ2v) is 11.2. The van der Waals surface area contributed by atoms with E-state index in [-0.39, 0.29) is 0 Å². The van der Waals surface area contributed by atoms with Gasteiger partial charge in [0.05, 0.1) is 16.7 Å². The van der Waals surface area contributed by atoms with Crippen LogP contribution in [-0.2, 0) is 0 Å². The molecule has 0 bridgehead atoms. The lowest BCUT2D eigenvalue weighted by Crippen LogP contribution is -1.96. The molecule has 0 saturated carbocycles. The highest BCUT2D eigenvalue weighted by Crippen LogP contribution is 2.42. The quantitative estimate of drug-likeness (QED) is 0.221. The van der Waals surface area contributed by atoms with Crippen LogP contribution in [0.5, 0.6) is 0 Å². The van der Waals surface area contributed by atoms with Gasteiger partial charge in [-0.15, -0.1) is 24.0 Å². The average Bonchev–Trinajstić information content (AvgIpc) is 3.49. The molecule has 38 heavy (non-hydrogen) atoms. The predicted octanol–water partition coefficient (Wildman–Crippen LogP) is 10.3. The van der Waals surface area contributed by atoms with E-state index in [9.17, 15) is 0 Å². The molecule has 8 aromatic rings. The van der Waals surface area contributed by atoms with Crippen LogP contribution in [0.15, 0.2) is 126 Å². The number of anilines is 2. The summed E-state index contributed by atoms with van der Waals surface area (Å²) in [5.74, 6) is 0. The summed E-state index contributed by atoms with van der Waals surface area (Å²) in [6.07, 6.45) is 0. The third-order valence-electron chi connectivity index (χ3n) is 7.46. The number of hydrogen-bond acceptors (Lipinski definition) is 3. The Morgan fingerprint density at radius 1 is 0.579 bits per heavy atom. The monoisotopic (exact) mass is 522 g/mol. The van der Waals surface area contributed by atoms with E-state index in [0.29, 0.717) is 0 Å². The lowest BCUT2D eigenvalue weighted by Gasteiger charge is -2.13. The standard InChI is InChI=1S/C34H22N2S2/c37-30-17-18-32-33(26-10-4-6-12-31(26)38-32)34(30)35-23-13-15-24(16-14-23)36-28-11-5-3-9-25(28)27-19-21-7-1-2-8-22(21)20-29(27)36/h1-20,35,37H. The summed E-state index contributed by atoms with van der Waals surface area (Å²) in [5, 5.41) is 11.2. The van der Waals surface area contributed by atoms with Crippen LogP contribution in [0.4, 0.5) is 11.4 Å². The number of thiophene rings is 1. The first-order valence-corrected chi connectivity index (χ1v) is 13.9. The topological polar surface area (TPSA) is 17.0 Å². The van der Waals surface area contributed by atoms with Gasteiger partial charge in [0.1, 0.15) is 0 Å². The summed E-state index contributed by atoms with van der Waals surface area (Å²) in [4.78, 5) is 0.944. The molecule has 2 nitrogen and oxygen atoms in total. The molecule has 180 valence electrons. The van der Waals surface area contributed by atoms with E-state index in [1.807, 2.05) is 11.3 Å². The van der Waals surface area contributed by atoms with Gasteiger partial charge < -0.3 is 9.88 Å². The van der Waals surface area contributed by atoms with Crippen LogP contribution in [0, 0.1) is 0 Å². The summed E-state index contributed by atoms with van der Waals surface area (Å²) < 4.78 is 4.93. The van der Waals surface area contributed by atoms with Crippen LogP contribution in [0.3, 0.4) is 0 Å². The Morgan fingerprint density at radius 3 is 2.13 bits per heavy atom. The van der Waals surface area contributed by atoms with Gasteiger partial charge in [-0.1, -0.05) is 60.7 Å². The molecule has 0 atom stereocenters. The minimum absolute atomic E-state index is 0.944. The zero-order valence-electron chi connectivity index (χ0n) is 20.3. The van der Waals surface area contributed by atoms with E-state index in [2.05, 4.69) is 131 Å². The number of nitrogens with zero attached hydrogens (tertiary/aromatic N) is 1. The van der Waals surface area contributed by atoms with Crippen molar-refractivity contribution in [3.8, 4) is 5.69 Å². The van der Waals surface area contributed by atoms with Crippen molar-refractivity contribution in [2.75, 3.05) is 5.32 Å². The molecule has 0 unspecified atom stereocenters. The van der Waals surface area contributed by atoms with E-state index < -0.39 is 0 Å². The largest absolute Gasteiger partial charge is 0.354 e. The third-order valence-corrected chi connectivity index (χ3v) is 8.97. The fourth-order valence-corrected chi connectivity index (χ4v) is 7.06. The van der Waals surface area contributed by atoms with E-state index in [0.717, 1.165) is 22.0 Å². The maximum atomic E-state index is 4.82. The van der Waals surface area contributed by atoms with E-state index in [4.69, 9.17) is 12.6 Å². The summed E-state index contributed by atoms with van der Waals surface area (Å²) >= 11 is 6.64. The van der Waals surface area contributed by atoms with Gasteiger partial charge in [-0.2, -0.15) is 0 Å². The first-order chi connectivity index (χ1) is 18.7. The number of hydrogen-bond donors (Lipinski definition) is 2. The molecule has 0 radical (unpaired) electrons. The predicted molar refractivity (Wildman–Crippen MR) is 168 cm³/mol. The van der Waals surface area contributed by atoms with E-state index in [1.54, 1.807) is 0 Å². The molecular weight excluding hydrogens is 501 g/mol. The Kier molecular flexibility index (Phi) is 4.81. The van der Waals surface area contributed by atoms with Crippen LogP contribution in [0.1, 0.15) is 0 Å². The fourth-order valence-electron chi connectivity index (χ4n) is 5.70. The van der Waals surface area contributed by atoms with Crippen LogP contribution >= 0.6 is 24.0 Å². The molecule has 0 fully saturated rings.